The highest BCUT2D eigenvalue weighted by molar-refractivity contribution is 6.07. The summed E-state index contributed by atoms with van der Waals surface area (Å²) in [7, 11) is 10.3. The lowest BCUT2D eigenvalue weighted by atomic mass is 10.0. The van der Waals surface area contributed by atoms with Crippen molar-refractivity contribution < 1.29 is 4.79 Å². The number of hydrogen-bond donors (Lipinski definition) is 0. The van der Waals surface area contributed by atoms with Crippen LogP contribution < -0.4 is 4.90 Å². The van der Waals surface area contributed by atoms with Gasteiger partial charge in [0.25, 0.3) is 0 Å². The lowest BCUT2D eigenvalue weighted by molar-refractivity contribution is 0.104. The van der Waals surface area contributed by atoms with Gasteiger partial charge in [0.2, 0.25) is 0 Å². The number of nitrogens with zero attached hydrogens (tertiary/aromatic N) is 3. The van der Waals surface area contributed by atoms with E-state index >= 15 is 0 Å². The second-order valence-electron chi connectivity index (χ2n) is 7.41. The summed E-state index contributed by atoms with van der Waals surface area (Å²) in [5.41, 5.74) is 4.02. The minimum atomic E-state index is 0.0413. The summed E-state index contributed by atoms with van der Waals surface area (Å²) in [5.74, 6) is 0.0413. The van der Waals surface area contributed by atoms with Gasteiger partial charge in [-0.05, 0) is 57.5 Å². The first-order chi connectivity index (χ1) is 12.9. The van der Waals surface area contributed by atoms with E-state index in [9.17, 15) is 4.79 Å². The third kappa shape index (κ3) is 6.66. The van der Waals surface area contributed by atoms with Crippen LogP contribution in [0.25, 0.3) is 6.08 Å². The quantitative estimate of drug-likeness (QED) is 0.501. The van der Waals surface area contributed by atoms with E-state index in [0.717, 1.165) is 36.3 Å². The molecule has 27 heavy (non-hydrogen) atoms. The van der Waals surface area contributed by atoms with E-state index in [1.165, 1.54) is 5.69 Å². The van der Waals surface area contributed by atoms with Gasteiger partial charge >= 0.3 is 0 Å². The van der Waals surface area contributed by atoms with Crippen LogP contribution in [0.2, 0.25) is 0 Å². The van der Waals surface area contributed by atoms with Gasteiger partial charge in [0.15, 0.2) is 5.78 Å². The van der Waals surface area contributed by atoms with Crippen molar-refractivity contribution in [3.05, 3.63) is 71.3 Å². The van der Waals surface area contributed by atoms with E-state index in [1.807, 2.05) is 44.4 Å². The number of benzene rings is 2. The molecular formula is C23H31N3O. The van der Waals surface area contributed by atoms with Crippen LogP contribution in [0.3, 0.4) is 0 Å². The normalized spacial score (nSPS) is 11.5. The van der Waals surface area contributed by atoms with Crippen molar-refractivity contribution >= 4 is 17.5 Å². The van der Waals surface area contributed by atoms with Crippen LogP contribution in [0, 0.1) is 0 Å². The fraction of sp³-hybridized carbons (Fsp3) is 0.348. The van der Waals surface area contributed by atoms with Gasteiger partial charge in [-0.1, -0.05) is 42.5 Å². The maximum Gasteiger partial charge on any atom is 0.186 e. The Bertz CT molecular complexity index is 763. The highest BCUT2D eigenvalue weighted by Gasteiger charge is 2.08. The molecule has 0 N–H and O–H groups in total. The molecule has 2 rings (SSSR count). The first-order valence-electron chi connectivity index (χ1n) is 9.28. The molecule has 0 spiro atoms. The Labute approximate surface area is 163 Å². The molecule has 2 aromatic rings. The first kappa shape index (κ1) is 20.9. The summed E-state index contributed by atoms with van der Waals surface area (Å²) in [4.78, 5) is 19.1. The molecular weight excluding hydrogens is 334 g/mol. The van der Waals surface area contributed by atoms with Crippen molar-refractivity contribution in [2.24, 2.45) is 0 Å². The molecule has 0 saturated heterocycles. The molecule has 4 nitrogen and oxygen atoms in total. The predicted molar refractivity (Wildman–Crippen MR) is 115 cm³/mol. The summed E-state index contributed by atoms with van der Waals surface area (Å²) in [5, 5.41) is 0. The predicted octanol–water partition coefficient (Wildman–Crippen LogP) is 3.64. The topological polar surface area (TPSA) is 26.8 Å². The summed E-state index contributed by atoms with van der Waals surface area (Å²) in [6.45, 7) is 2.74. The van der Waals surface area contributed by atoms with Gasteiger partial charge in [-0.3, -0.25) is 4.79 Å². The van der Waals surface area contributed by atoms with Crippen LogP contribution in [0.1, 0.15) is 21.5 Å². The standard InChI is InChI=1S/C23H31N3O/c1-24(2)16-17-26(5)21-13-10-19(11-14-21)12-15-23(27)22-9-7-6-8-20(22)18-25(3)4/h6-15H,16-18H2,1-5H3. The Morgan fingerprint density at radius 2 is 1.52 bits per heavy atom. The smallest absolute Gasteiger partial charge is 0.186 e. The van der Waals surface area contributed by atoms with E-state index in [-0.39, 0.29) is 5.78 Å². The van der Waals surface area contributed by atoms with Crippen LogP contribution in [-0.2, 0) is 6.54 Å². The molecule has 0 heterocycles. The van der Waals surface area contributed by atoms with E-state index in [0.29, 0.717) is 0 Å². The van der Waals surface area contributed by atoms with E-state index < -0.39 is 0 Å². The summed E-state index contributed by atoms with van der Waals surface area (Å²) >= 11 is 0. The molecule has 0 aliphatic rings. The molecule has 4 heteroatoms. The summed E-state index contributed by atoms with van der Waals surface area (Å²) in [6, 6.07) is 16.1. The van der Waals surface area contributed by atoms with E-state index in [2.05, 4.69) is 60.1 Å². The number of hydrogen-bond acceptors (Lipinski definition) is 4. The molecule has 0 aliphatic carbocycles. The number of rotatable bonds is 9. The molecule has 2 aromatic carbocycles. The third-order valence-electron chi connectivity index (χ3n) is 4.41. The van der Waals surface area contributed by atoms with Crippen LogP contribution in [0.4, 0.5) is 5.69 Å². The van der Waals surface area contributed by atoms with Crippen molar-refractivity contribution in [3.8, 4) is 0 Å². The lowest BCUT2D eigenvalue weighted by Crippen LogP contribution is -2.28. The Kier molecular flexibility index (Phi) is 7.77. The van der Waals surface area contributed by atoms with Gasteiger partial charge < -0.3 is 14.7 Å². The monoisotopic (exact) mass is 365 g/mol. The van der Waals surface area contributed by atoms with Gasteiger partial charge in [0, 0.05) is 37.9 Å². The number of ketones is 1. The number of carbonyl (C=O) groups excluding carboxylic acids is 1. The zero-order chi connectivity index (χ0) is 19.8. The largest absolute Gasteiger partial charge is 0.373 e. The molecule has 0 amide bonds. The second-order valence-corrected chi connectivity index (χ2v) is 7.41. The lowest BCUT2D eigenvalue weighted by Gasteiger charge is -2.21. The summed E-state index contributed by atoms with van der Waals surface area (Å²) in [6.07, 6.45) is 3.55. The minimum absolute atomic E-state index is 0.0413. The van der Waals surface area contributed by atoms with Gasteiger partial charge in [-0.25, -0.2) is 0 Å². The molecule has 0 radical (unpaired) electrons. The molecule has 144 valence electrons. The van der Waals surface area contributed by atoms with E-state index in [4.69, 9.17) is 0 Å². The van der Waals surface area contributed by atoms with Crippen LogP contribution >= 0.6 is 0 Å². The Balaban J connectivity index is 2.04. The fourth-order valence-electron chi connectivity index (χ4n) is 2.82. The zero-order valence-electron chi connectivity index (χ0n) is 17.1. The molecule has 0 saturated carbocycles. The number of allylic oxidation sites excluding steroid dienone is 1. The molecule has 0 bridgehead atoms. The average Bonchev–Trinajstić information content (AvgIpc) is 2.64. The van der Waals surface area contributed by atoms with Crippen molar-refractivity contribution in [3.63, 3.8) is 0 Å². The molecule has 0 unspecified atom stereocenters. The minimum Gasteiger partial charge on any atom is -0.373 e. The number of likely N-dealkylation sites (N-methyl/N-ethyl adjacent to an activating group) is 2. The molecule has 0 fully saturated rings. The van der Waals surface area contributed by atoms with Crippen LogP contribution in [0.15, 0.2) is 54.6 Å². The Morgan fingerprint density at radius 3 is 2.15 bits per heavy atom. The molecule has 0 atom stereocenters. The maximum atomic E-state index is 12.6. The Hall–Kier alpha value is -2.43. The Morgan fingerprint density at radius 1 is 0.852 bits per heavy atom. The SMILES string of the molecule is CN(C)CCN(C)c1ccc(C=CC(=O)c2ccccc2CN(C)C)cc1. The maximum absolute atomic E-state index is 12.6. The van der Waals surface area contributed by atoms with Crippen molar-refractivity contribution in [1.29, 1.82) is 0 Å². The fourth-order valence-corrected chi connectivity index (χ4v) is 2.82. The second kappa shape index (κ2) is 10.0. The first-order valence-corrected chi connectivity index (χ1v) is 9.28. The van der Waals surface area contributed by atoms with Crippen molar-refractivity contribution in [2.45, 2.75) is 6.54 Å². The summed E-state index contributed by atoms with van der Waals surface area (Å²) < 4.78 is 0. The zero-order valence-corrected chi connectivity index (χ0v) is 17.1. The highest BCUT2D eigenvalue weighted by atomic mass is 16.1. The highest BCUT2D eigenvalue weighted by Crippen LogP contribution is 2.16. The van der Waals surface area contributed by atoms with Gasteiger partial charge in [0.1, 0.15) is 0 Å². The molecule has 0 aromatic heterocycles. The molecule has 0 aliphatic heterocycles. The van der Waals surface area contributed by atoms with Gasteiger partial charge in [0.05, 0.1) is 0 Å². The van der Waals surface area contributed by atoms with E-state index in [1.54, 1.807) is 6.08 Å². The average molecular weight is 366 g/mol. The van der Waals surface area contributed by atoms with Gasteiger partial charge in [-0.15, -0.1) is 0 Å². The third-order valence-corrected chi connectivity index (χ3v) is 4.41. The van der Waals surface area contributed by atoms with Crippen LogP contribution in [-0.4, -0.2) is 63.9 Å². The number of anilines is 1. The number of carbonyl (C=O) groups is 1. The van der Waals surface area contributed by atoms with Crippen LogP contribution in [0.5, 0.6) is 0 Å². The van der Waals surface area contributed by atoms with Gasteiger partial charge in [-0.2, -0.15) is 0 Å². The van der Waals surface area contributed by atoms with Crippen molar-refractivity contribution in [1.82, 2.24) is 9.80 Å². The van der Waals surface area contributed by atoms with Crippen molar-refractivity contribution in [2.75, 3.05) is 53.2 Å².